The molecule has 0 atom stereocenters. The van der Waals surface area contributed by atoms with Crippen molar-refractivity contribution in [3.8, 4) is 0 Å². The molecule has 11 heteroatoms. The predicted octanol–water partition coefficient (Wildman–Crippen LogP) is -10.2. The standard InChI is InChI=1S/2Na.H2O4Si.H2O3S/c;;1-5(2,3)4;1-4(2)3/h;;1-2H;(H2,1,2,3)/q2*+1;-2;. The first-order chi connectivity index (χ1) is 3.73. The van der Waals surface area contributed by atoms with Crippen molar-refractivity contribution >= 4 is 20.4 Å². The van der Waals surface area contributed by atoms with E-state index in [0.717, 1.165) is 0 Å². The van der Waals surface area contributed by atoms with Gasteiger partial charge in [-0.3, -0.25) is 9.11 Å². The Morgan fingerprint density at radius 1 is 1.09 bits per heavy atom. The van der Waals surface area contributed by atoms with Crippen molar-refractivity contribution in [2.45, 2.75) is 0 Å². The van der Waals surface area contributed by atoms with Crippen LogP contribution in [-0.4, -0.2) is 32.0 Å². The van der Waals surface area contributed by atoms with Crippen LogP contribution in [0.5, 0.6) is 0 Å². The molecule has 11 heavy (non-hydrogen) atoms. The predicted molar refractivity (Wildman–Crippen MR) is 23.6 cm³/mol. The Hall–Kier alpha value is 2.13. The van der Waals surface area contributed by atoms with E-state index in [9.17, 15) is 0 Å². The molecule has 0 aliphatic carbocycles. The van der Waals surface area contributed by atoms with Crippen molar-refractivity contribution in [3.63, 3.8) is 0 Å². The van der Waals surface area contributed by atoms with Gasteiger partial charge >= 0.3 is 59.1 Å². The molecule has 0 bridgehead atoms. The van der Waals surface area contributed by atoms with Crippen molar-refractivity contribution in [3.05, 3.63) is 0 Å². The van der Waals surface area contributed by atoms with Crippen LogP contribution in [0.3, 0.4) is 0 Å². The average molecular weight is 222 g/mol. The fraction of sp³-hybridized carbons (Fsp3) is 0. The summed E-state index contributed by atoms with van der Waals surface area (Å²) in [5.74, 6) is 0. The smallest absolute Gasteiger partial charge is 0.828 e. The van der Waals surface area contributed by atoms with Crippen molar-refractivity contribution < 1.29 is 91.6 Å². The second-order valence-electron chi connectivity index (χ2n) is 0.779. The van der Waals surface area contributed by atoms with E-state index in [1.165, 1.54) is 0 Å². The molecule has 0 fully saturated rings. The van der Waals surface area contributed by atoms with Crippen molar-refractivity contribution in [1.29, 1.82) is 0 Å². The molecular formula is H4Na2O7SSi. The molecule has 0 aliphatic heterocycles. The van der Waals surface area contributed by atoms with Gasteiger partial charge < -0.3 is 19.2 Å². The fourth-order valence-corrected chi connectivity index (χ4v) is 0. The Morgan fingerprint density at radius 2 is 1.09 bits per heavy atom. The summed E-state index contributed by atoms with van der Waals surface area (Å²) in [6, 6.07) is 0. The molecule has 0 saturated heterocycles. The minimum atomic E-state index is -5.11. The van der Waals surface area contributed by atoms with E-state index in [0.29, 0.717) is 0 Å². The third-order valence-corrected chi connectivity index (χ3v) is 0. The van der Waals surface area contributed by atoms with Crippen LogP contribution in [0.1, 0.15) is 0 Å². The van der Waals surface area contributed by atoms with Gasteiger partial charge in [-0.05, 0) is 0 Å². The van der Waals surface area contributed by atoms with Crippen LogP contribution in [-0.2, 0) is 11.4 Å². The van der Waals surface area contributed by atoms with Gasteiger partial charge in [0.05, 0.1) is 0 Å². The summed E-state index contributed by atoms with van der Waals surface area (Å²) in [5.41, 5.74) is 0. The molecule has 0 radical (unpaired) electrons. The van der Waals surface area contributed by atoms with Crippen LogP contribution in [0.2, 0.25) is 0 Å². The molecular weight excluding hydrogens is 218 g/mol. The van der Waals surface area contributed by atoms with Crippen LogP contribution >= 0.6 is 0 Å². The molecule has 0 aromatic carbocycles. The first kappa shape index (κ1) is 23.2. The first-order valence-electron chi connectivity index (χ1n) is 1.39. The van der Waals surface area contributed by atoms with Crippen LogP contribution in [0, 0.1) is 0 Å². The van der Waals surface area contributed by atoms with E-state index in [-0.39, 0.29) is 59.1 Å². The average Bonchev–Trinajstić information content (AvgIpc) is 1.19. The van der Waals surface area contributed by atoms with Gasteiger partial charge in [-0.2, -0.15) is 4.21 Å². The third kappa shape index (κ3) is 275. The van der Waals surface area contributed by atoms with Gasteiger partial charge in [0.15, 0.2) is 0 Å². The Balaban J connectivity index is -0.0000000383. The van der Waals surface area contributed by atoms with Gasteiger partial charge in [-0.25, -0.2) is 0 Å². The van der Waals surface area contributed by atoms with E-state index in [1.54, 1.807) is 0 Å². The zero-order valence-corrected chi connectivity index (χ0v) is 11.7. The van der Waals surface area contributed by atoms with Crippen LogP contribution < -0.4 is 68.7 Å². The largest absolute Gasteiger partial charge is 1.00 e. The van der Waals surface area contributed by atoms with Gasteiger partial charge in [0.1, 0.15) is 9.05 Å². The van der Waals surface area contributed by atoms with Gasteiger partial charge in [0.2, 0.25) is 0 Å². The summed E-state index contributed by atoms with van der Waals surface area (Å²) < 4.78 is 22.8. The minimum Gasteiger partial charge on any atom is -0.828 e. The summed E-state index contributed by atoms with van der Waals surface area (Å²) in [5, 5.41) is 0. The first-order valence-corrected chi connectivity index (χ1v) is 4.16. The Labute approximate surface area is 111 Å². The zero-order valence-electron chi connectivity index (χ0n) is 5.92. The molecule has 0 aromatic rings. The zero-order chi connectivity index (χ0) is 8.08. The fourth-order valence-electron chi connectivity index (χ4n) is 0. The van der Waals surface area contributed by atoms with Gasteiger partial charge in [-0.1, -0.05) is 0 Å². The molecule has 0 spiro atoms. The molecule has 7 nitrogen and oxygen atoms in total. The van der Waals surface area contributed by atoms with Crippen molar-refractivity contribution in [1.82, 2.24) is 0 Å². The van der Waals surface area contributed by atoms with E-state index < -0.39 is 20.4 Å². The van der Waals surface area contributed by atoms with Crippen LogP contribution in [0.15, 0.2) is 0 Å². The number of rotatable bonds is 0. The second-order valence-corrected chi connectivity index (χ2v) is 2.34. The van der Waals surface area contributed by atoms with E-state index >= 15 is 0 Å². The summed E-state index contributed by atoms with van der Waals surface area (Å²) in [6.45, 7) is 0. The molecule has 0 saturated carbocycles. The third-order valence-electron chi connectivity index (χ3n) is 0. The van der Waals surface area contributed by atoms with Crippen LogP contribution in [0.25, 0.3) is 0 Å². The molecule has 58 valence electrons. The van der Waals surface area contributed by atoms with Gasteiger partial charge in [-0.15, -0.1) is 0 Å². The molecule has 0 aliphatic rings. The maximum absolute atomic E-state index is 8.80. The molecule has 0 rings (SSSR count). The Kier molecular flexibility index (Phi) is 25.5. The van der Waals surface area contributed by atoms with Gasteiger partial charge in [0, 0.05) is 0 Å². The SMILES string of the molecule is O=S(O)O.[Na+].[Na+].[O-][Si]([O-])(O)O. The summed E-state index contributed by atoms with van der Waals surface area (Å²) in [4.78, 5) is 31.8. The molecule has 0 heterocycles. The topological polar surface area (TPSA) is 144 Å². The molecule has 0 amide bonds. The molecule has 0 aromatic heterocycles. The Morgan fingerprint density at radius 3 is 1.09 bits per heavy atom. The maximum atomic E-state index is 8.80. The van der Waals surface area contributed by atoms with Crippen molar-refractivity contribution in [2.24, 2.45) is 0 Å². The number of hydrogen-bond acceptors (Lipinski definition) is 5. The Bertz CT molecular complexity index is 78.9. The summed E-state index contributed by atoms with van der Waals surface area (Å²) in [7, 11) is -5.11. The van der Waals surface area contributed by atoms with E-state index in [1.807, 2.05) is 0 Å². The molecule has 0 unspecified atom stereocenters. The minimum absolute atomic E-state index is 0. The van der Waals surface area contributed by atoms with Crippen molar-refractivity contribution in [2.75, 3.05) is 0 Å². The van der Waals surface area contributed by atoms with Crippen LogP contribution in [0.4, 0.5) is 0 Å². The van der Waals surface area contributed by atoms with Gasteiger partial charge in [0.25, 0.3) is 11.4 Å². The molecule has 4 N–H and O–H groups in total. The summed E-state index contributed by atoms with van der Waals surface area (Å²) >= 11 is -2.61. The number of hydrogen-bond donors (Lipinski definition) is 4. The second kappa shape index (κ2) is 12.1. The monoisotopic (exact) mass is 222 g/mol. The van der Waals surface area contributed by atoms with E-state index in [2.05, 4.69) is 0 Å². The van der Waals surface area contributed by atoms with E-state index in [4.69, 9.17) is 32.5 Å². The summed E-state index contributed by atoms with van der Waals surface area (Å²) in [6.07, 6.45) is 0. The maximum Gasteiger partial charge on any atom is 1.00 e. The quantitative estimate of drug-likeness (QED) is 0.235. The normalized spacial score (nSPS) is 8.64.